The monoisotopic (exact) mass is 278 g/mol. The number of rotatable bonds is 2. The predicted octanol–water partition coefficient (Wildman–Crippen LogP) is 3.10. The molecule has 0 radical (unpaired) electrons. The highest BCUT2D eigenvalue weighted by atomic mass is 16.5. The quantitative estimate of drug-likeness (QED) is 0.844. The Bertz CT molecular complexity index is 552. The van der Waals surface area contributed by atoms with Crippen LogP contribution in [0.2, 0.25) is 0 Å². The second kappa shape index (κ2) is 3.88. The Labute approximate surface area is 119 Å². The third-order valence-electron chi connectivity index (χ3n) is 5.92. The first-order valence-corrected chi connectivity index (χ1v) is 7.17. The number of esters is 1. The number of carbonyl (C=O) groups excluding carboxylic acids is 1. The fourth-order valence-electron chi connectivity index (χ4n) is 4.62. The van der Waals surface area contributed by atoms with E-state index < -0.39 is 11.6 Å². The standard InChI is InChI=1S/C16H22O4/c1-14(2)10-7-8-15(3,9-10)16(14,18)12-6-5-11(20-12)13(17)19-4/h5-6,10,18H,7-9H2,1-4H3. The number of furan rings is 1. The lowest BCUT2D eigenvalue weighted by Crippen LogP contribution is -2.51. The lowest BCUT2D eigenvalue weighted by Gasteiger charge is -2.49. The van der Waals surface area contributed by atoms with E-state index in [2.05, 4.69) is 25.5 Å². The Balaban J connectivity index is 2.08. The van der Waals surface area contributed by atoms with Crippen LogP contribution in [0, 0.1) is 16.7 Å². The topological polar surface area (TPSA) is 59.7 Å². The molecule has 4 heteroatoms. The highest BCUT2D eigenvalue weighted by molar-refractivity contribution is 5.86. The van der Waals surface area contributed by atoms with E-state index in [0.717, 1.165) is 19.3 Å². The van der Waals surface area contributed by atoms with Crippen molar-refractivity contribution in [2.45, 2.75) is 45.6 Å². The van der Waals surface area contributed by atoms with Crippen molar-refractivity contribution in [1.82, 2.24) is 0 Å². The highest BCUT2D eigenvalue weighted by Gasteiger charge is 2.70. The van der Waals surface area contributed by atoms with Crippen molar-refractivity contribution in [3.8, 4) is 0 Å². The van der Waals surface area contributed by atoms with Crippen LogP contribution >= 0.6 is 0 Å². The van der Waals surface area contributed by atoms with Crippen molar-refractivity contribution >= 4 is 5.97 Å². The van der Waals surface area contributed by atoms with Gasteiger partial charge in [-0.2, -0.15) is 0 Å². The molecule has 0 aliphatic heterocycles. The fraction of sp³-hybridized carbons (Fsp3) is 0.688. The number of hydrogen-bond donors (Lipinski definition) is 1. The first kappa shape index (κ1) is 13.7. The van der Waals surface area contributed by atoms with Gasteiger partial charge < -0.3 is 14.3 Å². The Morgan fingerprint density at radius 1 is 1.40 bits per heavy atom. The van der Waals surface area contributed by atoms with Crippen LogP contribution in [-0.2, 0) is 10.3 Å². The second-order valence-corrected chi connectivity index (χ2v) is 7.09. The van der Waals surface area contributed by atoms with E-state index in [1.807, 2.05) is 0 Å². The zero-order valence-corrected chi connectivity index (χ0v) is 12.5. The molecule has 1 aromatic heterocycles. The van der Waals surface area contributed by atoms with Gasteiger partial charge in [0.25, 0.3) is 0 Å². The van der Waals surface area contributed by atoms with Gasteiger partial charge in [-0.3, -0.25) is 0 Å². The zero-order valence-electron chi connectivity index (χ0n) is 12.5. The molecule has 0 saturated heterocycles. The molecule has 110 valence electrons. The summed E-state index contributed by atoms with van der Waals surface area (Å²) in [7, 11) is 1.32. The maximum atomic E-state index is 11.5. The van der Waals surface area contributed by atoms with E-state index in [-0.39, 0.29) is 16.6 Å². The molecule has 1 heterocycles. The third-order valence-corrected chi connectivity index (χ3v) is 5.92. The molecule has 1 N–H and O–H groups in total. The van der Waals surface area contributed by atoms with Crippen LogP contribution in [-0.4, -0.2) is 18.2 Å². The molecule has 2 saturated carbocycles. The average Bonchev–Trinajstić information content (AvgIpc) is 3.06. The maximum absolute atomic E-state index is 11.5. The summed E-state index contributed by atoms with van der Waals surface area (Å²) in [6.45, 7) is 6.33. The van der Waals surface area contributed by atoms with E-state index >= 15 is 0 Å². The van der Waals surface area contributed by atoms with Crippen molar-refractivity contribution < 1.29 is 19.1 Å². The molecule has 2 aliphatic rings. The van der Waals surface area contributed by atoms with Crippen LogP contribution < -0.4 is 0 Å². The molecule has 0 aromatic carbocycles. The van der Waals surface area contributed by atoms with Gasteiger partial charge in [0, 0.05) is 10.8 Å². The Kier molecular flexibility index (Phi) is 2.65. The predicted molar refractivity (Wildman–Crippen MR) is 73.2 cm³/mol. The van der Waals surface area contributed by atoms with Crippen molar-refractivity contribution in [3.63, 3.8) is 0 Å². The van der Waals surface area contributed by atoms with Gasteiger partial charge in [-0.1, -0.05) is 20.8 Å². The van der Waals surface area contributed by atoms with Crippen LogP contribution in [0.15, 0.2) is 16.5 Å². The molecule has 2 bridgehead atoms. The summed E-state index contributed by atoms with van der Waals surface area (Å²) in [4.78, 5) is 11.5. The summed E-state index contributed by atoms with van der Waals surface area (Å²) in [5, 5.41) is 11.5. The molecule has 3 unspecified atom stereocenters. The first-order chi connectivity index (χ1) is 9.26. The SMILES string of the molecule is COC(=O)c1ccc(C2(O)C3(C)CCC(C3)C2(C)C)o1. The molecule has 2 aliphatic carbocycles. The summed E-state index contributed by atoms with van der Waals surface area (Å²) in [6.07, 6.45) is 3.15. The van der Waals surface area contributed by atoms with Gasteiger partial charge in [0.05, 0.1) is 7.11 Å². The molecular weight excluding hydrogens is 256 g/mol. The Morgan fingerprint density at radius 3 is 2.65 bits per heavy atom. The van der Waals surface area contributed by atoms with Gasteiger partial charge in [0.1, 0.15) is 11.4 Å². The maximum Gasteiger partial charge on any atom is 0.373 e. The van der Waals surface area contributed by atoms with Crippen molar-refractivity contribution in [2.24, 2.45) is 16.7 Å². The summed E-state index contributed by atoms with van der Waals surface area (Å²) >= 11 is 0. The minimum atomic E-state index is -1.03. The molecule has 1 aromatic rings. The highest BCUT2D eigenvalue weighted by Crippen LogP contribution is 2.71. The second-order valence-electron chi connectivity index (χ2n) is 7.09. The van der Waals surface area contributed by atoms with Crippen LogP contribution in [0.3, 0.4) is 0 Å². The molecule has 3 atom stereocenters. The van der Waals surface area contributed by atoms with Crippen LogP contribution in [0.4, 0.5) is 0 Å². The summed E-state index contributed by atoms with van der Waals surface area (Å²) in [5.41, 5.74) is -1.48. The normalized spacial score (nSPS) is 38.1. The lowest BCUT2D eigenvalue weighted by atomic mass is 9.59. The average molecular weight is 278 g/mol. The molecule has 3 rings (SSSR count). The van der Waals surface area contributed by atoms with Crippen molar-refractivity contribution in [2.75, 3.05) is 7.11 Å². The fourth-order valence-corrected chi connectivity index (χ4v) is 4.62. The summed E-state index contributed by atoms with van der Waals surface area (Å²) in [5.74, 6) is 0.626. The number of fused-ring (bicyclic) bond motifs is 2. The van der Waals surface area contributed by atoms with Gasteiger partial charge in [0.2, 0.25) is 5.76 Å². The van der Waals surface area contributed by atoms with Gasteiger partial charge >= 0.3 is 5.97 Å². The van der Waals surface area contributed by atoms with E-state index in [1.54, 1.807) is 12.1 Å². The number of ether oxygens (including phenoxy) is 1. The van der Waals surface area contributed by atoms with Crippen molar-refractivity contribution in [1.29, 1.82) is 0 Å². The Hall–Kier alpha value is -1.29. The van der Waals surface area contributed by atoms with E-state index in [9.17, 15) is 9.90 Å². The third kappa shape index (κ3) is 1.38. The summed E-state index contributed by atoms with van der Waals surface area (Å²) in [6, 6.07) is 3.31. The van der Waals surface area contributed by atoms with E-state index in [1.165, 1.54) is 7.11 Å². The minimum absolute atomic E-state index is 0.151. The molecule has 2 fully saturated rings. The molecule has 0 amide bonds. The number of methoxy groups -OCH3 is 1. The number of aliphatic hydroxyl groups is 1. The van der Waals surface area contributed by atoms with Crippen LogP contribution in [0.5, 0.6) is 0 Å². The van der Waals surface area contributed by atoms with Crippen LogP contribution in [0.25, 0.3) is 0 Å². The van der Waals surface area contributed by atoms with E-state index in [0.29, 0.717) is 11.7 Å². The molecule has 0 spiro atoms. The van der Waals surface area contributed by atoms with Crippen LogP contribution in [0.1, 0.15) is 56.3 Å². The summed E-state index contributed by atoms with van der Waals surface area (Å²) < 4.78 is 10.3. The van der Waals surface area contributed by atoms with Gasteiger partial charge in [0.15, 0.2) is 0 Å². The Morgan fingerprint density at radius 2 is 2.10 bits per heavy atom. The zero-order chi connectivity index (χ0) is 14.8. The van der Waals surface area contributed by atoms with Gasteiger partial charge in [-0.15, -0.1) is 0 Å². The first-order valence-electron chi connectivity index (χ1n) is 7.17. The molecule has 20 heavy (non-hydrogen) atoms. The number of carbonyl (C=O) groups is 1. The minimum Gasteiger partial charge on any atom is -0.463 e. The van der Waals surface area contributed by atoms with Gasteiger partial charge in [-0.05, 0) is 37.3 Å². The molecular formula is C16H22O4. The molecule has 4 nitrogen and oxygen atoms in total. The van der Waals surface area contributed by atoms with Crippen molar-refractivity contribution in [3.05, 3.63) is 23.7 Å². The number of hydrogen-bond acceptors (Lipinski definition) is 4. The smallest absolute Gasteiger partial charge is 0.373 e. The lowest BCUT2D eigenvalue weighted by molar-refractivity contribution is -0.163. The largest absolute Gasteiger partial charge is 0.463 e. The van der Waals surface area contributed by atoms with E-state index in [4.69, 9.17) is 4.42 Å². The van der Waals surface area contributed by atoms with Gasteiger partial charge in [-0.25, -0.2) is 4.79 Å².